The van der Waals surface area contributed by atoms with Crippen LogP contribution in [0.2, 0.25) is 0 Å². The molecule has 0 unspecified atom stereocenters. The Hall–Kier alpha value is -1.16. The van der Waals surface area contributed by atoms with Crippen LogP contribution in [0.1, 0.15) is 51.7 Å². The Kier molecular flexibility index (Phi) is 3.77. The molecule has 4 nitrogen and oxygen atoms in total. The van der Waals surface area contributed by atoms with Gasteiger partial charge in [-0.15, -0.1) is 0 Å². The maximum Gasteiger partial charge on any atom is 0.205 e. The number of hydrogen-bond donors (Lipinski definition) is 1. The number of nitrogens with two attached hydrogens (primary N) is 1. The molecule has 0 saturated carbocycles. The van der Waals surface area contributed by atoms with Crippen molar-refractivity contribution in [2.45, 2.75) is 53.1 Å². The van der Waals surface area contributed by atoms with Crippen LogP contribution in [0.4, 0.5) is 0 Å². The van der Waals surface area contributed by atoms with Gasteiger partial charge in [0, 0.05) is 29.9 Å². The summed E-state index contributed by atoms with van der Waals surface area (Å²) in [6.07, 6.45) is 4.49. The molecular formula is C13H23N3O. The van der Waals surface area contributed by atoms with Crippen LogP contribution in [0.5, 0.6) is 0 Å². The minimum absolute atomic E-state index is 0.00319. The molecule has 4 heteroatoms. The molecule has 1 rings (SSSR count). The molecular weight excluding hydrogens is 214 g/mol. The van der Waals surface area contributed by atoms with E-state index in [4.69, 9.17) is 5.73 Å². The number of nitrogens with zero attached hydrogens (tertiary/aromatic N) is 2. The Balaban J connectivity index is 3.08. The van der Waals surface area contributed by atoms with Gasteiger partial charge in [0.15, 0.2) is 5.82 Å². The molecule has 0 bridgehead atoms. The third-order valence-electron chi connectivity index (χ3n) is 3.56. The number of aryl methyl sites for hydroxylation is 1. The van der Waals surface area contributed by atoms with Crippen LogP contribution >= 0.6 is 0 Å². The summed E-state index contributed by atoms with van der Waals surface area (Å²) in [5, 5.41) is 0. The minimum atomic E-state index is -0.635. The highest BCUT2D eigenvalue weighted by atomic mass is 16.1. The van der Waals surface area contributed by atoms with Crippen molar-refractivity contribution in [3.8, 4) is 0 Å². The number of hydrogen-bond acceptors (Lipinski definition) is 3. The molecule has 0 aliphatic rings. The molecule has 0 atom stereocenters. The fourth-order valence-corrected chi connectivity index (χ4v) is 1.51. The Morgan fingerprint density at radius 1 is 1.41 bits per heavy atom. The highest BCUT2D eigenvalue weighted by Gasteiger charge is 2.42. The molecule has 96 valence electrons. The SMILES string of the molecule is CCCn1ccnc1C(=O)C(C)(C)C(C)(C)N. The highest BCUT2D eigenvalue weighted by Crippen LogP contribution is 2.31. The molecule has 0 amide bonds. The van der Waals surface area contributed by atoms with E-state index in [0.29, 0.717) is 5.82 Å². The quantitative estimate of drug-likeness (QED) is 0.799. The first-order chi connectivity index (χ1) is 7.71. The van der Waals surface area contributed by atoms with E-state index in [9.17, 15) is 4.79 Å². The normalized spacial score (nSPS) is 12.8. The number of imidazole rings is 1. The first-order valence-corrected chi connectivity index (χ1v) is 6.06. The molecule has 0 fully saturated rings. The first-order valence-electron chi connectivity index (χ1n) is 6.06. The summed E-state index contributed by atoms with van der Waals surface area (Å²) in [6.45, 7) is 10.4. The number of Topliss-reactive ketones (excluding diaryl/α,β-unsaturated/α-hetero) is 1. The van der Waals surface area contributed by atoms with Crippen molar-refractivity contribution in [1.29, 1.82) is 0 Å². The molecule has 2 N–H and O–H groups in total. The Bertz CT molecular complexity index is 399. The van der Waals surface area contributed by atoms with E-state index >= 15 is 0 Å². The second kappa shape index (κ2) is 4.61. The monoisotopic (exact) mass is 237 g/mol. The van der Waals surface area contributed by atoms with Gasteiger partial charge in [-0.3, -0.25) is 4.79 Å². The Morgan fingerprint density at radius 2 is 2.00 bits per heavy atom. The zero-order chi connectivity index (χ0) is 13.3. The lowest BCUT2D eigenvalue weighted by atomic mass is 9.72. The lowest BCUT2D eigenvalue weighted by Gasteiger charge is -2.36. The molecule has 0 aromatic carbocycles. The van der Waals surface area contributed by atoms with Crippen LogP contribution < -0.4 is 5.73 Å². The summed E-state index contributed by atoms with van der Waals surface area (Å²) in [6, 6.07) is 0. The zero-order valence-electron chi connectivity index (χ0n) is 11.4. The fraction of sp³-hybridized carbons (Fsp3) is 0.692. The molecule has 0 aliphatic carbocycles. The Labute approximate surface area is 103 Å². The number of carbonyl (C=O) groups excluding carboxylic acids is 1. The summed E-state index contributed by atoms with van der Waals surface area (Å²) < 4.78 is 1.90. The Morgan fingerprint density at radius 3 is 2.47 bits per heavy atom. The second-order valence-corrected chi connectivity index (χ2v) is 5.62. The zero-order valence-corrected chi connectivity index (χ0v) is 11.4. The summed E-state index contributed by atoms with van der Waals surface area (Å²) in [7, 11) is 0. The number of rotatable bonds is 5. The summed E-state index contributed by atoms with van der Waals surface area (Å²) in [4.78, 5) is 16.7. The van der Waals surface area contributed by atoms with E-state index in [1.165, 1.54) is 0 Å². The van der Waals surface area contributed by atoms with Crippen LogP contribution in [0.3, 0.4) is 0 Å². The maximum absolute atomic E-state index is 12.5. The van der Waals surface area contributed by atoms with Gasteiger partial charge < -0.3 is 10.3 Å². The van der Waals surface area contributed by atoms with Gasteiger partial charge in [0.1, 0.15) is 0 Å². The number of ketones is 1. The summed E-state index contributed by atoms with van der Waals surface area (Å²) in [5.74, 6) is 0.513. The van der Waals surface area contributed by atoms with E-state index < -0.39 is 11.0 Å². The second-order valence-electron chi connectivity index (χ2n) is 5.62. The molecule has 0 aliphatic heterocycles. The van der Waals surface area contributed by atoms with Gasteiger partial charge in [-0.1, -0.05) is 20.8 Å². The molecule has 1 aromatic rings. The molecule has 1 aromatic heterocycles. The van der Waals surface area contributed by atoms with Gasteiger partial charge in [0.05, 0.1) is 0 Å². The predicted molar refractivity (Wildman–Crippen MR) is 68.9 cm³/mol. The van der Waals surface area contributed by atoms with E-state index in [1.807, 2.05) is 38.5 Å². The third-order valence-corrected chi connectivity index (χ3v) is 3.56. The predicted octanol–water partition coefficient (Wildman–Crippen LogP) is 2.24. The van der Waals surface area contributed by atoms with Crippen molar-refractivity contribution in [3.63, 3.8) is 0 Å². The van der Waals surface area contributed by atoms with E-state index in [-0.39, 0.29) is 5.78 Å². The van der Waals surface area contributed by atoms with Crippen LogP contribution in [-0.4, -0.2) is 20.9 Å². The lowest BCUT2D eigenvalue weighted by Crippen LogP contribution is -2.52. The van der Waals surface area contributed by atoms with Crippen LogP contribution in [0.15, 0.2) is 12.4 Å². The fourth-order valence-electron chi connectivity index (χ4n) is 1.51. The molecule has 0 radical (unpaired) electrons. The van der Waals surface area contributed by atoms with Gasteiger partial charge in [0.25, 0.3) is 0 Å². The average molecular weight is 237 g/mol. The van der Waals surface area contributed by atoms with Gasteiger partial charge in [-0.2, -0.15) is 0 Å². The van der Waals surface area contributed by atoms with E-state index in [2.05, 4.69) is 11.9 Å². The van der Waals surface area contributed by atoms with Crippen molar-refractivity contribution >= 4 is 5.78 Å². The molecule has 0 saturated heterocycles. The lowest BCUT2D eigenvalue weighted by molar-refractivity contribution is 0.0718. The number of aromatic nitrogens is 2. The summed E-state index contributed by atoms with van der Waals surface area (Å²) in [5.41, 5.74) is 4.88. The maximum atomic E-state index is 12.5. The van der Waals surface area contributed by atoms with Crippen LogP contribution in [0.25, 0.3) is 0 Å². The van der Waals surface area contributed by atoms with Gasteiger partial charge in [0.2, 0.25) is 5.78 Å². The topological polar surface area (TPSA) is 60.9 Å². The van der Waals surface area contributed by atoms with Crippen molar-refractivity contribution in [2.24, 2.45) is 11.1 Å². The van der Waals surface area contributed by atoms with Crippen molar-refractivity contribution < 1.29 is 4.79 Å². The van der Waals surface area contributed by atoms with Crippen molar-refractivity contribution in [2.75, 3.05) is 0 Å². The minimum Gasteiger partial charge on any atom is -0.329 e. The summed E-state index contributed by atoms with van der Waals surface area (Å²) >= 11 is 0. The average Bonchev–Trinajstić information content (AvgIpc) is 2.63. The standard InChI is InChI=1S/C13H23N3O/c1-6-8-16-9-7-15-11(16)10(17)12(2,3)13(4,5)14/h7,9H,6,8,14H2,1-5H3. The van der Waals surface area contributed by atoms with E-state index in [1.54, 1.807) is 6.20 Å². The molecule has 1 heterocycles. The van der Waals surface area contributed by atoms with Crippen LogP contribution in [0, 0.1) is 5.41 Å². The van der Waals surface area contributed by atoms with Crippen molar-refractivity contribution in [1.82, 2.24) is 9.55 Å². The van der Waals surface area contributed by atoms with Gasteiger partial charge >= 0.3 is 0 Å². The third kappa shape index (κ3) is 2.57. The van der Waals surface area contributed by atoms with Crippen LogP contribution in [-0.2, 0) is 6.54 Å². The first kappa shape index (κ1) is 13.9. The highest BCUT2D eigenvalue weighted by molar-refractivity contribution is 5.98. The molecule has 17 heavy (non-hydrogen) atoms. The van der Waals surface area contributed by atoms with Gasteiger partial charge in [-0.25, -0.2) is 4.98 Å². The smallest absolute Gasteiger partial charge is 0.205 e. The molecule has 0 spiro atoms. The largest absolute Gasteiger partial charge is 0.329 e. The van der Waals surface area contributed by atoms with Crippen molar-refractivity contribution in [3.05, 3.63) is 18.2 Å². The number of carbonyl (C=O) groups is 1. The van der Waals surface area contributed by atoms with Gasteiger partial charge in [-0.05, 0) is 20.3 Å². The van der Waals surface area contributed by atoms with E-state index in [0.717, 1.165) is 13.0 Å².